The zero-order valence-electron chi connectivity index (χ0n) is 19.9. The first-order chi connectivity index (χ1) is 17.5. The normalized spacial score (nSPS) is 18.6. The first kappa shape index (κ1) is 23.1. The molecule has 36 heavy (non-hydrogen) atoms. The molecule has 0 unspecified atom stereocenters. The van der Waals surface area contributed by atoms with Crippen molar-refractivity contribution in [1.29, 1.82) is 0 Å². The van der Waals surface area contributed by atoms with Gasteiger partial charge >= 0.3 is 0 Å². The summed E-state index contributed by atoms with van der Waals surface area (Å²) in [6, 6.07) is 8.10. The highest BCUT2D eigenvalue weighted by Gasteiger charge is 2.55. The molecule has 186 valence electrons. The Balaban J connectivity index is 1.35. The average Bonchev–Trinajstić information content (AvgIpc) is 3.61. The zero-order valence-corrected chi connectivity index (χ0v) is 19.9. The largest absolute Gasteiger partial charge is 0.493 e. The zero-order chi connectivity index (χ0) is 25.4. The summed E-state index contributed by atoms with van der Waals surface area (Å²) >= 11 is 0. The Hall–Kier alpha value is -4.68. The van der Waals surface area contributed by atoms with E-state index in [0.717, 1.165) is 4.90 Å². The highest BCUT2D eigenvalue weighted by atomic mass is 16.5. The number of carbonyl (C=O) groups is 2. The Bertz CT molecular complexity index is 1360. The number of methoxy groups -OCH3 is 4. The van der Waals surface area contributed by atoms with Gasteiger partial charge in [0.1, 0.15) is 6.54 Å². The molecule has 0 bridgehead atoms. The molecule has 0 aliphatic carbocycles. The van der Waals surface area contributed by atoms with Gasteiger partial charge in [-0.1, -0.05) is 10.4 Å². The maximum atomic E-state index is 13.3. The van der Waals surface area contributed by atoms with Crippen LogP contribution in [0.15, 0.2) is 51.3 Å². The average molecular weight is 494 g/mol. The second-order valence-corrected chi connectivity index (χ2v) is 7.82. The van der Waals surface area contributed by atoms with Crippen molar-refractivity contribution in [3.8, 4) is 34.4 Å². The van der Waals surface area contributed by atoms with Crippen LogP contribution in [-0.4, -0.2) is 67.5 Å². The van der Waals surface area contributed by atoms with E-state index in [4.69, 9.17) is 23.5 Å². The number of hydrogen-bond donors (Lipinski definition) is 0. The molecule has 3 aromatic rings. The SMILES string of the molecule is COc1ccc(-c2noc(CN3N=N[C@@H]4C(=O)N(c5ccc(OC)c(OC)c5)C(=O)[C@@H]43)n2)cc1OC. The summed E-state index contributed by atoms with van der Waals surface area (Å²) in [7, 11) is 6.05. The van der Waals surface area contributed by atoms with E-state index in [-0.39, 0.29) is 12.4 Å². The van der Waals surface area contributed by atoms with E-state index in [1.54, 1.807) is 43.5 Å². The van der Waals surface area contributed by atoms with Crippen LogP contribution in [0.1, 0.15) is 5.89 Å². The summed E-state index contributed by atoms with van der Waals surface area (Å²) in [5, 5.41) is 13.4. The van der Waals surface area contributed by atoms with Gasteiger partial charge < -0.3 is 23.5 Å². The van der Waals surface area contributed by atoms with Crippen molar-refractivity contribution in [2.75, 3.05) is 33.3 Å². The lowest BCUT2D eigenvalue weighted by Gasteiger charge is -2.20. The number of hydrogen-bond acceptors (Lipinski definition) is 12. The third-order valence-corrected chi connectivity index (χ3v) is 5.89. The van der Waals surface area contributed by atoms with E-state index in [9.17, 15) is 9.59 Å². The van der Waals surface area contributed by atoms with Crippen LogP contribution in [0.4, 0.5) is 5.69 Å². The Kier molecular flexibility index (Phi) is 5.88. The minimum Gasteiger partial charge on any atom is -0.493 e. The van der Waals surface area contributed by atoms with E-state index >= 15 is 0 Å². The summed E-state index contributed by atoms with van der Waals surface area (Å²) in [6.45, 7) is -0.0102. The monoisotopic (exact) mass is 494 g/mol. The molecule has 13 heteroatoms. The number of ether oxygens (including phenoxy) is 4. The van der Waals surface area contributed by atoms with Gasteiger partial charge in [-0.15, -0.1) is 0 Å². The van der Waals surface area contributed by atoms with Gasteiger partial charge in [-0.2, -0.15) is 10.1 Å². The second kappa shape index (κ2) is 9.17. The fourth-order valence-corrected chi connectivity index (χ4v) is 4.12. The molecule has 2 aliphatic heterocycles. The quantitative estimate of drug-likeness (QED) is 0.428. The standard InChI is InChI=1S/C23H22N6O7/c1-32-14-7-5-12(9-16(14)34-3)21-24-18(36-26-21)11-28-20-19(25-27-28)22(30)29(23(20)31)13-6-8-15(33-2)17(10-13)35-4/h5-10,19-20H,11H2,1-4H3/t19-,20+/m0/s1. The molecule has 1 aromatic heterocycles. The van der Waals surface area contributed by atoms with E-state index in [2.05, 4.69) is 20.5 Å². The number of aromatic nitrogens is 2. The molecule has 0 radical (unpaired) electrons. The van der Waals surface area contributed by atoms with Crippen molar-refractivity contribution in [3.05, 3.63) is 42.3 Å². The maximum absolute atomic E-state index is 13.3. The maximum Gasteiger partial charge on any atom is 0.263 e. The minimum absolute atomic E-state index is 0.0102. The van der Waals surface area contributed by atoms with Crippen LogP contribution in [0.3, 0.4) is 0 Å². The predicted octanol–water partition coefficient (Wildman–Crippen LogP) is 2.26. The minimum atomic E-state index is -0.973. The number of rotatable bonds is 8. The molecule has 1 fully saturated rings. The Morgan fingerprint density at radius 3 is 2.22 bits per heavy atom. The second-order valence-electron chi connectivity index (χ2n) is 7.82. The number of carbonyl (C=O) groups excluding carboxylic acids is 2. The van der Waals surface area contributed by atoms with Gasteiger partial charge in [0.05, 0.1) is 34.1 Å². The molecule has 2 amide bonds. The van der Waals surface area contributed by atoms with Gasteiger partial charge in [-0.25, -0.2) is 4.90 Å². The molecule has 2 aliphatic rings. The Morgan fingerprint density at radius 1 is 0.861 bits per heavy atom. The number of amides is 2. The lowest BCUT2D eigenvalue weighted by atomic mass is 10.1. The molecule has 2 atom stereocenters. The van der Waals surface area contributed by atoms with Crippen LogP contribution < -0.4 is 23.8 Å². The molecular weight excluding hydrogens is 472 g/mol. The highest BCUT2D eigenvalue weighted by molar-refractivity contribution is 6.25. The summed E-state index contributed by atoms with van der Waals surface area (Å²) in [5.74, 6) is 1.51. The molecule has 13 nitrogen and oxygen atoms in total. The molecule has 0 N–H and O–H groups in total. The number of fused-ring (bicyclic) bond motifs is 1. The van der Waals surface area contributed by atoms with Crippen LogP contribution in [0.5, 0.6) is 23.0 Å². The van der Waals surface area contributed by atoms with E-state index in [1.165, 1.54) is 26.3 Å². The van der Waals surface area contributed by atoms with Gasteiger partial charge in [-0.3, -0.25) is 14.6 Å². The third kappa shape index (κ3) is 3.74. The number of imide groups is 1. The number of anilines is 1. The van der Waals surface area contributed by atoms with E-state index < -0.39 is 23.9 Å². The van der Waals surface area contributed by atoms with Gasteiger partial charge in [0.25, 0.3) is 11.8 Å². The van der Waals surface area contributed by atoms with Crippen LogP contribution in [-0.2, 0) is 16.1 Å². The summed E-state index contributed by atoms with van der Waals surface area (Å²) in [6.07, 6.45) is 0. The van der Waals surface area contributed by atoms with Crippen molar-refractivity contribution >= 4 is 17.5 Å². The highest BCUT2D eigenvalue weighted by Crippen LogP contribution is 2.37. The first-order valence-corrected chi connectivity index (χ1v) is 10.8. The van der Waals surface area contributed by atoms with Crippen LogP contribution >= 0.6 is 0 Å². The van der Waals surface area contributed by atoms with Gasteiger partial charge in [0, 0.05) is 11.6 Å². The molecule has 1 saturated heterocycles. The van der Waals surface area contributed by atoms with Crippen molar-refractivity contribution in [2.45, 2.75) is 18.6 Å². The molecule has 5 rings (SSSR count). The molecule has 2 aromatic carbocycles. The van der Waals surface area contributed by atoms with Crippen molar-refractivity contribution in [1.82, 2.24) is 15.1 Å². The molecule has 0 spiro atoms. The lowest BCUT2D eigenvalue weighted by molar-refractivity contribution is -0.123. The van der Waals surface area contributed by atoms with Crippen LogP contribution in [0, 0.1) is 0 Å². The molecular formula is C23H22N6O7. The fraction of sp³-hybridized carbons (Fsp3) is 0.304. The summed E-state index contributed by atoms with van der Waals surface area (Å²) in [4.78, 5) is 31.8. The van der Waals surface area contributed by atoms with Gasteiger partial charge in [0.2, 0.25) is 11.7 Å². The number of benzene rings is 2. The van der Waals surface area contributed by atoms with Crippen molar-refractivity contribution in [2.24, 2.45) is 10.3 Å². The topological polar surface area (TPSA) is 141 Å². The first-order valence-electron chi connectivity index (χ1n) is 10.8. The molecule has 0 saturated carbocycles. The fourth-order valence-electron chi connectivity index (χ4n) is 4.12. The van der Waals surface area contributed by atoms with Gasteiger partial charge in [-0.05, 0) is 30.3 Å². The van der Waals surface area contributed by atoms with Crippen LogP contribution in [0.25, 0.3) is 11.4 Å². The van der Waals surface area contributed by atoms with E-state index in [0.29, 0.717) is 40.1 Å². The Morgan fingerprint density at radius 2 is 1.53 bits per heavy atom. The predicted molar refractivity (Wildman–Crippen MR) is 123 cm³/mol. The summed E-state index contributed by atoms with van der Waals surface area (Å²) < 4.78 is 26.5. The number of nitrogens with zero attached hydrogens (tertiary/aromatic N) is 6. The van der Waals surface area contributed by atoms with Crippen LogP contribution in [0.2, 0.25) is 0 Å². The van der Waals surface area contributed by atoms with Crippen molar-refractivity contribution < 1.29 is 33.1 Å². The third-order valence-electron chi connectivity index (χ3n) is 5.89. The van der Waals surface area contributed by atoms with Crippen molar-refractivity contribution in [3.63, 3.8) is 0 Å². The molecule has 3 heterocycles. The smallest absolute Gasteiger partial charge is 0.263 e. The lowest BCUT2D eigenvalue weighted by Crippen LogP contribution is -2.39. The van der Waals surface area contributed by atoms with E-state index in [1.807, 2.05) is 0 Å². The Labute approximate surface area is 205 Å². The summed E-state index contributed by atoms with van der Waals surface area (Å²) in [5.41, 5.74) is 0.996. The van der Waals surface area contributed by atoms with Gasteiger partial charge in [0.15, 0.2) is 35.1 Å².